The van der Waals surface area contributed by atoms with Crippen LogP contribution in [0.3, 0.4) is 0 Å². The second kappa shape index (κ2) is 4.69. The van der Waals surface area contributed by atoms with Gasteiger partial charge in [-0.2, -0.15) is 16.3 Å². The fourth-order valence-electron chi connectivity index (χ4n) is 2.14. The summed E-state index contributed by atoms with van der Waals surface area (Å²) in [6, 6.07) is 1.92. The van der Waals surface area contributed by atoms with Crippen LogP contribution < -0.4 is 0 Å². The van der Waals surface area contributed by atoms with Crippen LogP contribution in [-0.4, -0.2) is 42.2 Å². The second-order valence-corrected chi connectivity index (χ2v) is 7.34. The van der Waals surface area contributed by atoms with Crippen LogP contribution in [0.15, 0.2) is 21.3 Å². The third-order valence-electron chi connectivity index (χ3n) is 3.20. The molecule has 3 heterocycles. The van der Waals surface area contributed by atoms with Gasteiger partial charge in [0.1, 0.15) is 0 Å². The van der Waals surface area contributed by atoms with Crippen molar-refractivity contribution in [3.05, 3.63) is 22.7 Å². The summed E-state index contributed by atoms with van der Waals surface area (Å²) in [6.07, 6.45) is 1.96. The maximum atomic E-state index is 11.5. The van der Waals surface area contributed by atoms with Gasteiger partial charge in [-0.1, -0.05) is 5.16 Å². The molecule has 3 rings (SSSR count). The summed E-state index contributed by atoms with van der Waals surface area (Å²) in [5, 5.41) is 7.85. The van der Waals surface area contributed by atoms with E-state index in [9.17, 15) is 8.42 Å². The van der Waals surface area contributed by atoms with Crippen LogP contribution in [0.2, 0.25) is 0 Å². The lowest BCUT2D eigenvalue weighted by Crippen LogP contribution is -2.27. The van der Waals surface area contributed by atoms with Crippen molar-refractivity contribution in [1.82, 2.24) is 14.4 Å². The predicted molar refractivity (Wildman–Crippen MR) is 71.4 cm³/mol. The lowest BCUT2D eigenvalue weighted by molar-refractivity contribution is 0.414. The second-order valence-electron chi connectivity index (χ2n) is 4.58. The number of sulfonamides is 1. The summed E-state index contributed by atoms with van der Waals surface area (Å²) < 4.78 is 29.6. The Morgan fingerprint density at radius 3 is 3.00 bits per heavy atom. The molecule has 19 heavy (non-hydrogen) atoms. The van der Waals surface area contributed by atoms with Crippen molar-refractivity contribution in [1.29, 1.82) is 0 Å². The van der Waals surface area contributed by atoms with E-state index < -0.39 is 10.0 Å². The average molecular weight is 299 g/mol. The van der Waals surface area contributed by atoms with Crippen LogP contribution in [0.1, 0.15) is 18.2 Å². The zero-order valence-corrected chi connectivity index (χ0v) is 11.9. The molecule has 0 aliphatic carbocycles. The van der Waals surface area contributed by atoms with Gasteiger partial charge in [0.2, 0.25) is 10.0 Å². The van der Waals surface area contributed by atoms with Gasteiger partial charge < -0.3 is 4.52 Å². The van der Waals surface area contributed by atoms with E-state index in [-0.39, 0.29) is 5.92 Å². The normalized spacial score (nSPS) is 21.0. The number of aromatic nitrogens is 2. The fraction of sp³-hybridized carbons (Fsp3) is 0.455. The molecule has 0 aromatic carbocycles. The average Bonchev–Trinajstić information content (AvgIpc) is 3.10. The van der Waals surface area contributed by atoms with Crippen molar-refractivity contribution in [2.75, 3.05) is 19.3 Å². The maximum Gasteiger partial charge on any atom is 0.258 e. The molecule has 2 aromatic heterocycles. The summed E-state index contributed by atoms with van der Waals surface area (Å²) >= 11 is 1.56. The van der Waals surface area contributed by atoms with Gasteiger partial charge in [0.15, 0.2) is 5.82 Å². The fourth-order valence-corrected chi connectivity index (χ4v) is 3.66. The highest BCUT2D eigenvalue weighted by Gasteiger charge is 2.32. The van der Waals surface area contributed by atoms with E-state index in [1.807, 2.05) is 16.8 Å². The Hall–Kier alpha value is -1.25. The molecule has 102 valence electrons. The van der Waals surface area contributed by atoms with Gasteiger partial charge in [0.25, 0.3) is 5.89 Å². The molecule has 6 nitrogen and oxygen atoms in total. The molecule has 0 radical (unpaired) electrons. The molecule has 0 N–H and O–H groups in total. The minimum Gasteiger partial charge on any atom is -0.334 e. The number of hydrogen-bond donors (Lipinski definition) is 0. The highest BCUT2D eigenvalue weighted by Crippen LogP contribution is 2.28. The summed E-state index contributed by atoms with van der Waals surface area (Å²) in [6.45, 7) is 0.952. The van der Waals surface area contributed by atoms with E-state index in [0.717, 1.165) is 12.0 Å². The molecule has 1 atom stereocenters. The molecular weight excluding hydrogens is 286 g/mol. The molecule has 1 saturated heterocycles. The molecule has 0 bridgehead atoms. The van der Waals surface area contributed by atoms with E-state index in [2.05, 4.69) is 10.1 Å². The third-order valence-corrected chi connectivity index (χ3v) is 5.15. The molecule has 0 amide bonds. The highest BCUT2D eigenvalue weighted by atomic mass is 32.2. The van der Waals surface area contributed by atoms with E-state index in [1.165, 1.54) is 10.6 Å². The van der Waals surface area contributed by atoms with Crippen LogP contribution >= 0.6 is 11.3 Å². The first-order valence-corrected chi connectivity index (χ1v) is 8.64. The van der Waals surface area contributed by atoms with Crippen LogP contribution in [0, 0.1) is 0 Å². The van der Waals surface area contributed by atoms with Gasteiger partial charge in [0.05, 0.1) is 11.8 Å². The largest absolute Gasteiger partial charge is 0.334 e. The Balaban J connectivity index is 1.78. The zero-order valence-electron chi connectivity index (χ0n) is 10.3. The van der Waals surface area contributed by atoms with E-state index in [1.54, 1.807) is 11.3 Å². The Morgan fingerprint density at radius 1 is 1.53 bits per heavy atom. The first kappa shape index (κ1) is 12.8. The number of thiophene rings is 1. The molecule has 2 aromatic rings. The van der Waals surface area contributed by atoms with Gasteiger partial charge in [-0.3, -0.25) is 0 Å². The SMILES string of the molecule is CS(=O)(=O)N1CC[C@H](c2noc(-c3ccsc3)n2)C1. The third kappa shape index (κ3) is 2.56. The van der Waals surface area contributed by atoms with E-state index >= 15 is 0 Å². The molecular formula is C11H13N3O3S2. The minimum atomic E-state index is -3.13. The Bertz CT molecular complexity index is 663. The quantitative estimate of drug-likeness (QED) is 0.859. The topological polar surface area (TPSA) is 76.3 Å². The molecule has 0 spiro atoms. The molecule has 0 saturated carbocycles. The predicted octanol–water partition coefficient (Wildman–Crippen LogP) is 1.55. The van der Waals surface area contributed by atoms with Gasteiger partial charge in [0, 0.05) is 24.4 Å². The first-order valence-electron chi connectivity index (χ1n) is 5.85. The van der Waals surface area contributed by atoms with Crippen LogP contribution in [0.4, 0.5) is 0 Å². The monoisotopic (exact) mass is 299 g/mol. The van der Waals surface area contributed by atoms with Crippen LogP contribution in [0.25, 0.3) is 11.5 Å². The minimum absolute atomic E-state index is 0.0193. The lowest BCUT2D eigenvalue weighted by Gasteiger charge is -2.11. The van der Waals surface area contributed by atoms with Crippen molar-refractivity contribution in [2.24, 2.45) is 0 Å². The molecule has 1 fully saturated rings. The summed E-state index contributed by atoms with van der Waals surface area (Å²) in [5.41, 5.74) is 0.904. The summed E-state index contributed by atoms with van der Waals surface area (Å²) in [5.74, 6) is 1.10. The summed E-state index contributed by atoms with van der Waals surface area (Å²) in [7, 11) is -3.13. The number of rotatable bonds is 3. The number of nitrogens with zero attached hydrogens (tertiary/aromatic N) is 3. The van der Waals surface area contributed by atoms with E-state index in [4.69, 9.17) is 4.52 Å². The van der Waals surface area contributed by atoms with Crippen molar-refractivity contribution in [3.8, 4) is 11.5 Å². The zero-order chi connectivity index (χ0) is 13.5. The van der Waals surface area contributed by atoms with Gasteiger partial charge in [-0.25, -0.2) is 12.7 Å². The molecule has 8 heteroatoms. The smallest absolute Gasteiger partial charge is 0.258 e. The molecule has 0 unspecified atom stereocenters. The maximum absolute atomic E-state index is 11.5. The van der Waals surface area contributed by atoms with Gasteiger partial charge >= 0.3 is 0 Å². The van der Waals surface area contributed by atoms with Crippen molar-refractivity contribution >= 4 is 21.4 Å². The van der Waals surface area contributed by atoms with Gasteiger partial charge in [-0.15, -0.1) is 0 Å². The molecule has 1 aliphatic rings. The van der Waals surface area contributed by atoms with Gasteiger partial charge in [-0.05, 0) is 17.9 Å². The molecule has 1 aliphatic heterocycles. The Labute approximate surface area is 115 Å². The van der Waals surface area contributed by atoms with Crippen molar-refractivity contribution in [3.63, 3.8) is 0 Å². The first-order chi connectivity index (χ1) is 9.04. The number of hydrogen-bond acceptors (Lipinski definition) is 6. The van der Waals surface area contributed by atoms with Crippen LogP contribution in [-0.2, 0) is 10.0 Å². The van der Waals surface area contributed by atoms with E-state index in [0.29, 0.717) is 24.8 Å². The Morgan fingerprint density at radius 2 is 2.37 bits per heavy atom. The highest BCUT2D eigenvalue weighted by molar-refractivity contribution is 7.88. The van der Waals surface area contributed by atoms with Crippen molar-refractivity contribution in [2.45, 2.75) is 12.3 Å². The van der Waals surface area contributed by atoms with Crippen molar-refractivity contribution < 1.29 is 12.9 Å². The Kier molecular flexibility index (Phi) is 3.15. The van der Waals surface area contributed by atoms with Crippen LogP contribution in [0.5, 0.6) is 0 Å². The standard InChI is InChI=1S/C11H13N3O3S2/c1-19(15,16)14-4-2-8(6-14)10-12-11(17-13-10)9-3-5-18-7-9/h3,5,7-8H,2,4,6H2,1H3/t8-/m0/s1. The lowest BCUT2D eigenvalue weighted by atomic mass is 10.1. The summed E-state index contributed by atoms with van der Waals surface area (Å²) in [4.78, 5) is 4.36.